The van der Waals surface area contributed by atoms with Crippen molar-refractivity contribution in [2.24, 2.45) is 0 Å². The Kier molecular flexibility index (Phi) is 13.2. The second kappa shape index (κ2) is 15.8. The molecule has 0 aromatic heterocycles. The minimum atomic E-state index is -2.81. The van der Waals surface area contributed by atoms with Gasteiger partial charge in [-0.1, -0.05) is 0 Å². The van der Waals surface area contributed by atoms with Gasteiger partial charge >= 0.3 is 5.97 Å². The number of ether oxygens (including phenoxy) is 5. The zero-order valence-corrected chi connectivity index (χ0v) is 25.2. The van der Waals surface area contributed by atoms with Crippen LogP contribution in [0.1, 0.15) is 27.2 Å². The summed E-state index contributed by atoms with van der Waals surface area (Å²) in [6.07, 6.45) is -22.8. The van der Waals surface area contributed by atoms with Crippen LogP contribution in [0.15, 0.2) is 0 Å². The smallest absolute Gasteiger partial charge is 0.364 e. The Morgan fingerprint density at radius 2 is 1.50 bits per heavy atom. The highest BCUT2D eigenvalue weighted by Crippen LogP contribution is 2.35. The van der Waals surface area contributed by atoms with E-state index in [2.05, 4.69) is 10.6 Å². The molecule has 20 nitrogen and oxygen atoms in total. The second-order valence-corrected chi connectivity index (χ2v) is 11.6. The van der Waals surface area contributed by atoms with Gasteiger partial charge in [0.15, 0.2) is 6.29 Å². The van der Waals surface area contributed by atoms with Crippen LogP contribution in [-0.4, -0.2) is 186 Å². The second-order valence-electron chi connectivity index (χ2n) is 11.6. The summed E-state index contributed by atoms with van der Waals surface area (Å²) in [4.78, 5) is 35.8. The van der Waals surface area contributed by atoms with Gasteiger partial charge in [0, 0.05) is 20.3 Å². The number of hydrogen-bond acceptors (Lipinski definition) is 17. The van der Waals surface area contributed by atoms with Crippen LogP contribution >= 0.6 is 0 Å². The molecule has 0 radical (unpaired) electrons. The molecule has 2 amide bonds. The summed E-state index contributed by atoms with van der Waals surface area (Å²) in [6, 6.07) is -2.50. The molecule has 0 bridgehead atoms. The van der Waals surface area contributed by atoms with E-state index in [9.17, 15) is 65.4 Å². The molecule has 0 spiro atoms. The van der Waals surface area contributed by atoms with Crippen molar-refractivity contribution >= 4 is 17.8 Å². The lowest BCUT2D eigenvalue weighted by Crippen LogP contribution is -2.68. The Morgan fingerprint density at radius 1 is 0.891 bits per heavy atom. The molecule has 266 valence electrons. The standard InChI is InChI=1S/C26H44N2O18/c1-8-15(27-9(2)31)19(37)22(13(6-30)43-8)45-24-21(39)20(38)18(36)14(44-24)7-42-26(25(40)41)4-11(33)16(28-10(3)32)23(46-26)17(35)12(34)5-29/h8,11-24,29-30,33-39H,4-7H2,1-3H3,(H,27,31)(H,28,32)(H,40,41)/t8?,11-,12+,13?,14?,15?,16+,17+,18-,19+,20-,21?,22-,23?,24-,26+/m0/s1. The first-order chi connectivity index (χ1) is 21.5. The molecule has 16 atom stereocenters. The van der Waals surface area contributed by atoms with Crippen LogP contribution in [0.5, 0.6) is 0 Å². The molecular formula is C26H44N2O18. The Morgan fingerprint density at radius 3 is 2.04 bits per heavy atom. The first kappa shape index (κ1) is 38.3. The number of carboxylic acid groups (broad SMARTS) is 1. The SMILES string of the molecule is CC(=O)NC1C(C)OC(CO)[C@H](O[C@@H]2OC(CO[C@]3(C(=O)O)C[C@H](O)[C@@H](NC(C)=O)C([C@H](O)[C@H](O)CO)O3)[C@H](O)[C@H](O)C2O)[C@@H]1O. The molecule has 3 heterocycles. The number of carbonyl (C=O) groups excluding carboxylic acids is 2. The summed E-state index contributed by atoms with van der Waals surface area (Å²) < 4.78 is 27.9. The van der Waals surface area contributed by atoms with Crippen LogP contribution < -0.4 is 10.6 Å². The number of amides is 2. The van der Waals surface area contributed by atoms with Gasteiger partial charge in [-0.2, -0.15) is 0 Å². The van der Waals surface area contributed by atoms with Crippen LogP contribution in [0.4, 0.5) is 0 Å². The predicted molar refractivity (Wildman–Crippen MR) is 145 cm³/mol. The van der Waals surface area contributed by atoms with E-state index in [1.165, 1.54) is 13.8 Å². The lowest BCUT2D eigenvalue weighted by molar-refractivity contribution is -0.353. The lowest BCUT2D eigenvalue weighted by Gasteiger charge is -2.48. The van der Waals surface area contributed by atoms with Gasteiger partial charge in [0.1, 0.15) is 61.0 Å². The van der Waals surface area contributed by atoms with Crippen LogP contribution in [0.3, 0.4) is 0 Å². The molecule has 3 fully saturated rings. The third-order valence-corrected chi connectivity index (χ3v) is 8.14. The number of nitrogens with one attached hydrogen (secondary N) is 2. The number of aliphatic carboxylic acids is 1. The third kappa shape index (κ3) is 8.28. The van der Waals surface area contributed by atoms with E-state index in [0.717, 1.165) is 6.92 Å². The zero-order valence-electron chi connectivity index (χ0n) is 25.2. The maximum absolute atomic E-state index is 12.4. The van der Waals surface area contributed by atoms with E-state index in [-0.39, 0.29) is 0 Å². The molecular weight excluding hydrogens is 628 g/mol. The van der Waals surface area contributed by atoms with E-state index in [1.807, 2.05) is 0 Å². The molecule has 3 aliphatic rings. The summed E-state index contributed by atoms with van der Waals surface area (Å²) in [6.45, 7) is 1.17. The van der Waals surface area contributed by atoms with E-state index < -0.39 is 141 Å². The fourth-order valence-electron chi connectivity index (χ4n) is 5.71. The van der Waals surface area contributed by atoms with Gasteiger partial charge in [0.05, 0.1) is 44.1 Å². The van der Waals surface area contributed by atoms with Crippen molar-refractivity contribution in [3.05, 3.63) is 0 Å². The molecule has 3 rings (SSSR count). The Bertz CT molecular complexity index is 1050. The average molecular weight is 673 g/mol. The lowest BCUT2D eigenvalue weighted by atomic mass is 9.88. The molecule has 3 aliphatic heterocycles. The van der Waals surface area contributed by atoms with Gasteiger partial charge in [-0.25, -0.2) is 4.79 Å². The van der Waals surface area contributed by atoms with Crippen molar-refractivity contribution in [3.63, 3.8) is 0 Å². The normalized spacial score (nSPS) is 42.9. The number of carbonyl (C=O) groups is 3. The summed E-state index contributed by atoms with van der Waals surface area (Å²) in [5, 5.41) is 108. The van der Waals surface area contributed by atoms with Crippen molar-refractivity contribution < 1.29 is 89.1 Å². The number of aliphatic hydroxyl groups excluding tert-OH is 9. The number of hydrogen-bond donors (Lipinski definition) is 12. The number of aliphatic hydroxyl groups is 9. The zero-order chi connectivity index (χ0) is 34.7. The predicted octanol–water partition coefficient (Wildman–Crippen LogP) is -7.01. The maximum atomic E-state index is 12.4. The number of rotatable bonds is 12. The van der Waals surface area contributed by atoms with Crippen LogP contribution in [0.25, 0.3) is 0 Å². The topological polar surface area (TPSA) is 324 Å². The highest BCUT2D eigenvalue weighted by atomic mass is 16.8. The van der Waals surface area contributed by atoms with Gasteiger partial charge in [0.2, 0.25) is 11.8 Å². The molecule has 20 heteroatoms. The molecule has 6 unspecified atom stereocenters. The van der Waals surface area contributed by atoms with Crippen LogP contribution in [0.2, 0.25) is 0 Å². The van der Waals surface area contributed by atoms with Crippen molar-refractivity contribution in [3.8, 4) is 0 Å². The summed E-state index contributed by atoms with van der Waals surface area (Å²) in [5.41, 5.74) is 0. The van der Waals surface area contributed by atoms with Gasteiger partial charge in [-0.05, 0) is 6.92 Å². The molecule has 0 aromatic rings. The van der Waals surface area contributed by atoms with Crippen molar-refractivity contribution in [1.29, 1.82) is 0 Å². The highest BCUT2D eigenvalue weighted by molar-refractivity contribution is 5.76. The molecule has 0 saturated carbocycles. The van der Waals surface area contributed by atoms with Crippen molar-refractivity contribution in [1.82, 2.24) is 10.6 Å². The van der Waals surface area contributed by atoms with Gasteiger partial charge < -0.3 is 85.4 Å². The molecule has 0 aliphatic carbocycles. The first-order valence-corrected chi connectivity index (χ1v) is 14.5. The largest absolute Gasteiger partial charge is 0.477 e. The monoisotopic (exact) mass is 672 g/mol. The Balaban J connectivity index is 1.83. The average Bonchev–Trinajstić information content (AvgIpc) is 2.99. The Hall–Kier alpha value is -2.15. The highest BCUT2D eigenvalue weighted by Gasteiger charge is 2.57. The van der Waals surface area contributed by atoms with Gasteiger partial charge in [-0.15, -0.1) is 0 Å². The molecule has 12 N–H and O–H groups in total. The summed E-state index contributed by atoms with van der Waals surface area (Å²) >= 11 is 0. The van der Waals surface area contributed by atoms with E-state index in [4.69, 9.17) is 23.7 Å². The van der Waals surface area contributed by atoms with E-state index >= 15 is 0 Å². The fourth-order valence-corrected chi connectivity index (χ4v) is 5.71. The summed E-state index contributed by atoms with van der Waals surface area (Å²) in [7, 11) is 0. The third-order valence-electron chi connectivity index (χ3n) is 8.14. The van der Waals surface area contributed by atoms with Crippen LogP contribution in [-0.2, 0) is 38.1 Å². The van der Waals surface area contributed by atoms with Crippen molar-refractivity contribution in [2.75, 3.05) is 19.8 Å². The van der Waals surface area contributed by atoms with E-state index in [0.29, 0.717) is 0 Å². The molecule has 3 saturated heterocycles. The number of carboxylic acids is 1. The van der Waals surface area contributed by atoms with Crippen LogP contribution in [0, 0.1) is 0 Å². The van der Waals surface area contributed by atoms with Crippen molar-refractivity contribution in [2.45, 2.75) is 125 Å². The van der Waals surface area contributed by atoms with Gasteiger partial charge in [0.25, 0.3) is 5.79 Å². The quantitative estimate of drug-likeness (QED) is 0.0916. The first-order valence-electron chi connectivity index (χ1n) is 14.5. The minimum Gasteiger partial charge on any atom is -0.477 e. The molecule has 46 heavy (non-hydrogen) atoms. The fraction of sp³-hybridized carbons (Fsp3) is 0.885. The minimum absolute atomic E-state index is 0.517. The summed E-state index contributed by atoms with van der Waals surface area (Å²) in [5.74, 6) is -5.89. The van der Waals surface area contributed by atoms with Gasteiger partial charge in [-0.3, -0.25) is 9.59 Å². The Labute approximate surface area is 262 Å². The van der Waals surface area contributed by atoms with E-state index in [1.54, 1.807) is 0 Å². The molecule has 0 aromatic carbocycles. The maximum Gasteiger partial charge on any atom is 0.364 e.